The Morgan fingerprint density at radius 2 is 1.05 bits per heavy atom. The molecule has 2 aromatic rings. The first-order valence-corrected chi connectivity index (χ1v) is 13.7. The first kappa shape index (κ1) is 25.9. The van der Waals surface area contributed by atoms with Crippen LogP contribution in [0.3, 0.4) is 0 Å². The largest absolute Gasteiger partial charge is 0.351 e. The van der Waals surface area contributed by atoms with E-state index in [1.54, 1.807) is 4.90 Å². The van der Waals surface area contributed by atoms with E-state index >= 15 is 0 Å². The summed E-state index contributed by atoms with van der Waals surface area (Å²) in [5, 5.41) is 3.27. The summed E-state index contributed by atoms with van der Waals surface area (Å²) in [4.78, 5) is 51.8. The number of hydrogen-bond donors (Lipinski definition) is 3. The van der Waals surface area contributed by atoms with Gasteiger partial charge in [0.1, 0.15) is 0 Å². The van der Waals surface area contributed by atoms with E-state index in [-0.39, 0.29) is 43.0 Å². The highest BCUT2D eigenvalue weighted by Gasteiger charge is 2.51. The lowest BCUT2D eigenvalue weighted by Crippen LogP contribution is -2.59. The van der Waals surface area contributed by atoms with E-state index in [0.29, 0.717) is 11.4 Å². The molecule has 8 nitrogen and oxygen atoms in total. The number of amides is 4. The molecule has 0 heterocycles. The second kappa shape index (κ2) is 11.4. The minimum absolute atomic E-state index is 0.00674. The first-order chi connectivity index (χ1) is 18.4. The lowest BCUT2D eigenvalue weighted by molar-refractivity contribution is -0.132. The van der Waals surface area contributed by atoms with Gasteiger partial charge in [-0.1, -0.05) is 36.4 Å². The van der Waals surface area contributed by atoms with E-state index < -0.39 is 11.8 Å². The summed E-state index contributed by atoms with van der Waals surface area (Å²) in [6.07, 6.45) is 7.09. The highest BCUT2D eigenvalue weighted by molar-refractivity contribution is 6.01. The molecule has 8 heteroatoms. The zero-order valence-electron chi connectivity index (χ0n) is 21.7. The van der Waals surface area contributed by atoms with Crippen molar-refractivity contribution in [2.45, 2.75) is 69.7 Å². The summed E-state index contributed by atoms with van der Waals surface area (Å²) in [5.74, 6) is 0.982. The average Bonchev–Trinajstić information content (AvgIpc) is 2.90. The molecule has 3 N–H and O–H groups in total. The molecule has 200 valence electrons. The minimum atomic E-state index is -0.467. The van der Waals surface area contributed by atoms with Gasteiger partial charge in [-0.05, 0) is 80.5 Å². The molecule has 4 amide bonds. The fraction of sp³-hybridized carbons (Fsp3) is 0.467. The zero-order valence-corrected chi connectivity index (χ0v) is 21.7. The van der Waals surface area contributed by atoms with Crippen molar-refractivity contribution in [1.29, 1.82) is 0 Å². The van der Waals surface area contributed by atoms with E-state index in [0.717, 1.165) is 37.0 Å². The van der Waals surface area contributed by atoms with Crippen molar-refractivity contribution in [2.75, 3.05) is 4.90 Å². The van der Waals surface area contributed by atoms with Crippen molar-refractivity contribution in [1.82, 2.24) is 16.2 Å². The van der Waals surface area contributed by atoms with Crippen LogP contribution in [-0.2, 0) is 19.2 Å². The summed E-state index contributed by atoms with van der Waals surface area (Å²) in [7, 11) is 0. The number of hydrogen-bond acceptors (Lipinski definition) is 4. The molecule has 0 unspecified atom stereocenters. The molecule has 4 bridgehead atoms. The van der Waals surface area contributed by atoms with Gasteiger partial charge in [0.25, 0.3) is 0 Å². The second-order valence-corrected chi connectivity index (χ2v) is 11.2. The van der Waals surface area contributed by atoms with Crippen LogP contribution in [0.5, 0.6) is 0 Å². The highest BCUT2D eigenvalue weighted by atomic mass is 16.2. The van der Waals surface area contributed by atoms with Crippen LogP contribution in [0.15, 0.2) is 60.7 Å². The maximum Gasteiger partial charge on any atom is 0.238 e. The predicted molar refractivity (Wildman–Crippen MR) is 144 cm³/mol. The number of nitrogens with one attached hydrogen (secondary N) is 3. The molecule has 2 aromatic carbocycles. The number of hydrazine groups is 1. The average molecular weight is 517 g/mol. The molecule has 0 aromatic heterocycles. The third-order valence-corrected chi connectivity index (χ3v) is 8.21. The molecule has 4 aliphatic rings. The van der Waals surface area contributed by atoms with Crippen LogP contribution >= 0.6 is 0 Å². The van der Waals surface area contributed by atoms with Crippen molar-refractivity contribution in [2.24, 2.45) is 17.8 Å². The van der Waals surface area contributed by atoms with Gasteiger partial charge in [0.15, 0.2) is 0 Å². The van der Waals surface area contributed by atoms with Gasteiger partial charge in [0.05, 0.1) is 0 Å². The summed E-state index contributed by atoms with van der Waals surface area (Å²) in [6, 6.07) is 18.5. The van der Waals surface area contributed by atoms with Crippen LogP contribution in [0.25, 0.3) is 0 Å². The van der Waals surface area contributed by atoms with Crippen molar-refractivity contribution in [3.8, 4) is 0 Å². The van der Waals surface area contributed by atoms with Crippen molar-refractivity contribution in [3.63, 3.8) is 0 Å². The first-order valence-electron chi connectivity index (χ1n) is 13.7. The molecule has 6 rings (SSSR count). The van der Waals surface area contributed by atoms with Gasteiger partial charge in [0, 0.05) is 42.6 Å². The maximum atomic E-state index is 13.0. The van der Waals surface area contributed by atoms with Crippen LogP contribution < -0.4 is 21.1 Å². The molecule has 0 spiro atoms. The normalized spacial score (nSPS) is 24.9. The topological polar surface area (TPSA) is 108 Å². The van der Waals surface area contributed by atoms with Crippen molar-refractivity contribution < 1.29 is 19.2 Å². The van der Waals surface area contributed by atoms with Gasteiger partial charge in [0.2, 0.25) is 23.6 Å². The Balaban J connectivity index is 1.04. The number of carbonyl (C=O) groups excluding carboxylic acids is 4. The summed E-state index contributed by atoms with van der Waals surface area (Å²) >= 11 is 0. The predicted octanol–water partition coefficient (Wildman–Crippen LogP) is 4.14. The smallest absolute Gasteiger partial charge is 0.238 e. The fourth-order valence-electron chi connectivity index (χ4n) is 7.04. The van der Waals surface area contributed by atoms with E-state index in [2.05, 4.69) is 16.2 Å². The maximum absolute atomic E-state index is 13.0. The number of rotatable bonds is 9. The molecule has 0 saturated heterocycles. The Morgan fingerprint density at radius 3 is 1.53 bits per heavy atom. The number of anilines is 2. The molecule has 0 atom stereocenters. The molecule has 4 aliphatic carbocycles. The lowest BCUT2D eigenvalue weighted by atomic mass is 9.53. The molecular formula is C30H36N4O4. The Bertz CT molecular complexity index is 1090. The van der Waals surface area contributed by atoms with Gasteiger partial charge >= 0.3 is 0 Å². The molecule has 4 fully saturated rings. The zero-order chi connectivity index (χ0) is 26.5. The van der Waals surface area contributed by atoms with Crippen molar-refractivity contribution >= 4 is 35.0 Å². The molecule has 0 aliphatic heterocycles. The molecular weight excluding hydrogens is 480 g/mol. The van der Waals surface area contributed by atoms with E-state index in [9.17, 15) is 19.2 Å². The van der Waals surface area contributed by atoms with Crippen LogP contribution in [-0.4, -0.2) is 29.2 Å². The van der Waals surface area contributed by atoms with E-state index in [4.69, 9.17) is 0 Å². The van der Waals surface area contributed by atoms with Gasteiger partial charge < -0.3 is 5.32 Å². The minimum Gasteiger partial charge on any atom is -0.351 e. The number of para-hydroxylation sites is 2. The van der Waals surface area contributed by atoms with Gasteiger partial charge in [-0.3, -0.25) is 34.9 Å². The van der Waals surface area contributed by atoms with E-state index in [1.165, 1.54) is 19.3 Å². The molecule has 38 heavy (non-hydrogen) atoms. The summed E-state index contributed by atoms with van der Waals surface area (Å²) in [5.41, 5.74) is 6.09. The van der Waals surface area contributed by atoms with Gasteiger partial charge in [-0.2, -0.15) is 0 Å². The highest BCUT2D eigenvalue weighted by Crippen LogP contribution is 2.55. The van der Waals surface area contributed by atoms with Gasteiger partial charge in [-0.25, -0.2) is 0 Å². The Hall–Kier alpha value is -3.68. The Morgan fingerprint density at radius 1 is 0.632 bits per heavy atom. The van der Waals surface area contributed by atoms with Crippen LogP contribution in [0, 0.1) is 17.8 Å². The lowest BCUT2D eigenvalue weighted by Gasteiger charge is -2.56. The third-order valence-electron chi connectivity index (χ3n) is 8.21. The quantitative estimate of drug-likeness (QED) is 0.435. The van der Waals surface area contributed by atoms with Crippen LogP contribution in [0.1, 0.15) is 64.2 Å². The SMILES string of the molecule is O=C(CCC(=O)NC12CC3CC(CC(C3)C1)C2)NNC(=O)CCC(=O)N(c1ccccc1)c1ccccc1. The molecule has 0 radical (unpaired) electrons. The number of benzene rings is 2. The van der Waals surface area contributed by atoms with Gasteiger partial charge in [-0.15, -0.1) is 0 Å². The Labute approximate surface area is 223 Å². The number of carbonyl (C=O) groups is 4. The fourth-order valence-corrected chi connectivity index (χ4v) is 7.04. The third kappa shape index (κ3) is 6.23. The van der Waals surface area contributed by atoms with Crippen LogP contribution in [0.4, 0.5) is 11.4 Å². The molecule has 4 saturated carbocycles. The second-order valence-electron chi connectivity index (χ2n) is 11.2. The number of nitrogens with zero attached hydrogens (tertiary/aromatic N) is 1. The standard InChI is InChI=1S/C30H36N4O4/c35-26(31-30-18-21-15-22(19-30)17-23(16-21)20-30)11-12-27(36)32-33-28(37)13-14-29(38)34(24-7-3-1-4-8-24)25-9-5-2-6-10-25/h1-10,21-23H,11-20H2,(H,31,35)(H,32,36)(H,33,37). The Kier molecular flexibility index (Phi) is 7.77. The summed E-state index contributed by atoms with van der Waals surface area (Å²) in [6.45, 7) is 0. The van der Waals surface area contributed by atoms with E-state index in [1.807, 2.05) is 60.7 Å². The van der Waals surface area contributed by atoms with Crippen LogP contribution in [0.2, 0.25) is 0 Å². The van der Waals surface area contributed by atoms with Crippen molar-refractivity contribution in [3.05, 3.63) is 60.7 Å². The summed E-state index contributed by atoms with van der Waals surface area (Å²) < 4.78 is 0. The monoisotopic (exact) mass is 516 g/mol.